The molecule has 132 valence electrons. The number of fused-ring (bicyclic) bond motifs is 1. The standard InChI is InChI=1S/C23H19N3O/c1-2-21-25-20-12-6-9-18(14-13-17-8-7-15-24-16-17)22(20)23(27)26(21)19-10-4-3-5-11-19/h3-16H,2H2,1H3/b14-13+. The highest BCUT2D eigenvalue weighted by atomic mass is 16.1. The normalized spacial score (nSPS) is 11.3. The van der Waals surface area contributed by atoms with Gasteiger partial charge in [-0.25, -0.2) is 4.98 Å². The molecule has 4 aromatic rings. The minimum absolute atomic E-state index is 0.0468. The van der Waals surface area contributed by atoms with Crippen molar-refractivity contribution < 1.29 is 0 Å². The smallest absolute Gasteiger partial charge is 0.266 e. The van der Waals surface area contributed by atoms with E-state index in [1.54, 1.807) is 17.0 Å². The maximum absolute atomic E-state index is 13.4. The second-order valence-corrected chi connectivity index (χ2v) is 6.22. The zero-order chi connectivity index (χ0) is 18.6. The number of para-hydroxylation sites is 1. The summed E-state index contributed by atoms with van der Waals surface area (Å²) in [6.45, 7) is 2.01. The topological polar surface area (TPSA) is 47.8 Å². The fourth-order valence-corrected chi connectivity index (χ4v) is 3.18. The van der Waals surface area contributed by atoms with Gasteiger partial charge in [-0.1, -0.05) is 55.5 Å². The zero-order valence-corrected chi connectivity index (χ0v) is 15.0. The third-order valence-electron chi connectivity index (χ3n) is 4.47. The van der Waals surface area contributed by atoms with Crippen LogP contribution in [-0.4, -0.2) is 14.5 Å². The lowest BCUT2D eigenvalue weighted by Gasteiger charge is -2.13. The first kappa shape index (κ1) is 16.9. The average Bonchev–Trinajstić information content (AvgIpc) is 2.73. The van der Waals surface area contributed by atoms with Crippen LogP contribution in [0, 0.1) is 0 Å². The van der Waals surface area contributed by atoms with Crippen molar-refractivity contribution in [2.24, 2.45) is 0 Å². The van der Waals surface area contributed by atoms with Gasteiger partial charge in [0.15, 0.2) is 0 Å². The predicted molar refractivity (Wildman–Crippen MR) is 110 cm³/mol. The number of pyridine rings is 1. The first-order chi connectivity index (χ1) is 13.3. The van der Waals surface area contributed by atoms with Crippen molar-refractivity contribution in [2.45, 2.75) is 13.3 Å². The van der Waals surface area contributed by atoms with E-state index in [0.29, 0.717) is 11.8 Å². The molecule has 4 nitrogen and oxygen atoms in total. The van der Waals surface area contributed by atoms with Gasteiger partial charge >= 0.3 is 0 Å². The molecule has 4 rings (SSSR count). The number of hydrogen-bond donors (Lipinski definition) is 0. The van der Waals surface area contributed by atoms with Crippen molar-refractivity contribution in [3.8, 4) is 5.69 Å². The van der Waals surface area contributed by atoms with E-state index < -0.39 is 0 Å². The molecule has 0 aliphatic heterocycles. The minimum atomic E-state index is -0.0468. The monoisotopic (exact) mass is 353 g/mol. The molecule has 0 saturated carbocycles. The fraction of sp³-hybridized carbons (Fsp3) is 0.0870. The van der Waals surface area contributed by atoms with Crippen LogP contribution in [0.25, 0.3) is 28.7 Å². The van der Waals surface area contributed by atoms with Crippen LogP contribution < -0.4 is 5.56 Å². The Balaban J connectivity index is 1.95. The van der Waals surface area contributed by atoms with E-state index in [1.165, 1.54) is 0 Å². The van der Waals surface area contributed by atoms with Crippen LogP contribution >= 0.6 is 0 Å². The highest BCUT2D eigenvalue weighted by Gasteiger charge is 2.13. The van der Waals surface area contributed by atoms with Crippen molar-refractivity contribution in [2.75, 3.05) is 0 Å². The quantitative estimate of drug-likeness (QED) is 0.542. The van der Waals surface area contributed by atoms with E-state index in [0.717, 1.165) is 28.2 Å². The van der Waals surface area contributed by atoms with Crippen LogP contribution in [0.5, 0.6) is 0 Å². The predicted octanol–water partition coefficient (Wildman–Crippen LogP) is 4.51. The molecule has 0 spiro atoms. The summed E-state index contributed by atoms with van der Waals surface area (Å²) in [5.74, 6) is 0.757. The molecule has 4 heteroatoms. The van der Waals surface area contributed by atoms with Crippen molar-refractivity contribution >= 4 is 23.1 Å². The molecule has 2 aromatic carbocycles. The number of aromatic nitrogens is 3. The van der Waals surface area contributed by atoms with E-state index in [4.69, 9.17) is 4.98 Å². The van der Waals surface area contributed by atoms with Gasteiger partial charge in [-0.2, -0.15) is 0 Å². The molecule has 2 heterocycles. The van der Waals surface area contributed by atoms with Crippen LogP contribution in [0.4, 0.5) is 0 Å². The number of hydrogen-bond acceptors (Lipinski definition) is 3. The summed E-state index contributed by atoms with van der Waals surface area (Å²) in [4.78, 5) is 22.3. The highest BCUT2D eigenvalue weighted by Crippen LogP contribution is 2.19. The molecule has 0 fully saturated rings. The van der Waals surface area contributed by atoms with Crippen LogP contribution in [0.1, 0.15) is 23.9 Å². The third-order valence-corrected chi connectivity index (χ3v) is 4.47. The third kappa shape index (κ3) is 3.29. The Labute approximate surface area is 157 Å². The SMILES string of the molecule is CCc1nc2cccc(/C=C/c3cccnc3)c2c(=O)n1-c1ccccc1. The molecule has 0 radical (unpaired) electrons. The summed E-state index contributed by atoms with van der Waals surface area (Å²) < 4.78 is 1.71. The highest BCUT2D eigenvalue weighted by molar-refractivity contribution is 5.90. The fourth-order valence-electron chi connectivity index (χ4n) is 3.18. The van der Waals surface area contributed by atoms with Crippen molar-refractivity contribution in [1.29, 1.82) is 0 Å². The minimum Gasteiger partial charge on any atom is -0.268 e. The Bertz CT molecular complexity index is 1160. The molecule has 0 aliphatic carbocycles. The van der Waals surface area contributed by atoms with E-state index in [1.807, 2.05) is 79.7 Å². The summed E-state index contributed by atoms with van der Waals surface area (Å²) in [5, 5.41) is 0.624. The summed E-state index contributed by atoms with van der Waals surface area (Å²) in [7, 11) is 0. The molecular weight excluding hydrogens is 334 g/mol. The first-order valence-corrected chi connectivity index (χ1v) is 8.96. The van der Waals surface area contributed by atoms with E-state index in [9.17, 15) is 4.79 Å². The van der Waals surface area contributed by atoms with E-state index in [-0.39, 0.29) is 5.56 Å². The lowest BCUT2D eigenvalue weighted by atomic mass is 10.1. The van der Waals surface area contributed by atoms with Gasteiger partial charge in [0.25, 0.3) is 5.56 Å². The van der Waals surface area contributed by atoms with Gasteiger partial charge in [0.05, 0.1) is 16.6 Å². The van der Waals surface area contributed by atoms with E-state index >= 15 is 0 Å². The van der Waals surface area contributed by atoms with Crippen LogP contribution in [0.3, 0.4) is 0 Å². The van der Waals surface area contributed by atoms with Gasteiger partial charge in [0.2, 0.25) is 0 Å². The molecule has 2 aromatic heterocycles. The molecule has 0 unspecified atom stereocenters. The summed E-state index contributed by atoms with van der Waals surface area (Å²) in [5.41, 5.74) is 3.34. The Hall–Kier alpha value is -3.53. The molecule has 0 amide bonds. The van der Waals surface area contributed by atoms with Crippen molar-refractivity contribution in [3.05, 3.63) is 100 Å². The van der Waals surface area contributed by atoms with Gasteiger partial charge in [0.1, 0.15) is 5.82 Å². The molecule has 0 saturated heterocycles. The summed E-state index contributed by atoms with van der Waals surface area (Å²) in [6.07, 6.45) is 8.11. The Morgan fingerprint density at radius 2 is 1.81 bits per heavy atom. The lowest BCUT2D eigenvalue weighted by Crippen LogP contribution is -2.24. The lowest BCUT2D eigenvalue weighted by molar-refractivity contribution is 0.833. The average molecular weight is 353 g/mol. The Morgan fingerprint density at radius 3 is 2.56 bits per heavy atom. The first-order valence-electron chi connectivity index (χ1n) is 8.96. The Kier molecular flexibility index (Phi) is 4.62. The van der Waals surface area contributed by atoms with Gasteiger partial charge in [-0.05, 0) is 35.4 Å². The van der Waals surface area contributed by atoms with Gasteiger partial charge in [-0.3, -0.25) is 14.3 Å². The number of rotatable bonds is 4. The number of benzene rings is 2. The number of nitrogens with zero attached hydrogens (tertiary/aromatic N) is 3. The second kappa shape index (κ2) is 7.38. The second-order valence-electron chi connectivity index (χ2n) is 6.22. The van der Waals surface area contributed by atoms with Crippen LogP contribution in [0.2, 0.25) is 0 Å². The van der Waals surface area contributed by atoms with E-state index in [2.05, 4.69) is 4.98 Å². The van der Waals surface area contributed by atoms with Crippen LogP contribution in [0.15, 0.2) is 77.9 Å². The molecule has 0 bridgehead atoms. The van der Waals surface area contributed by atoms with Crippen LogP contribution in [-0.2, 0) is 6.42 Å². The summed E-state index contributed by atoms with van der Waals surface area (Å²) >= 11 is 0. The molecular formula is C23H19N3O. The maximum Gasteiger partial charge on any atom is 0.266 e. The number of aryl methyl sites for hydroxylation is 1. The molecule has 0 N–H and O–H groups in total. The largest absolute Gasteiger partial charge is 0.268 e. The van der Waals surface area contributed by atoms with Crippen molar-refractivity contribution in [1.82, 2.24) is 14.5 Å². The van der Waals surface area contributed by atoms with Gasteiger partial charge < -0.3 is 0 Å². The maximum atomic E-state index is 13.4. The molecule has 27 heavy (non-hydrogen) atoms. The molecule has 0 atom stereocenters. The van der Waals surface area contributed by atoms with Gasteiger partial charge in [-0.15, -0.1) is 0 Å². The zero-order valence-electron chi connectivity index (χ0n) is 15.0. The Morgan fingerprint density at radius 1 is 0.963 bits per heavy atom. The molecule has 0 aliphatic rings. The summed E-state index contributed by atoms with van der Waals surface area (Å²) in [6, 6.07) is 19.3. The van der Waals surface area contributed by atoms with Gasteiger partial charge in [0, 0.05) is 18.8 Å². The van der Waals surface area contributed by atoms with Crippen molar-refractivity contribution in [3.63, 3.8) is 0 Å².